The van der Waals surface area contributed by atoms with Gasteiger partial charge in [0.25, 0.3) is 0 Å². The highest BCUT2D eigenvalue weighted by Crippen LogP contribution is 2.23. The largest absolute Gasteiger partial charge is 0.497 e. The lowest BCUT2D eigenvalue weighted by Gasteiger charge is -2.11. The summed E-state index contributed by atoms with van der Waals surface area (Å²) in [5, 5.41) is 9.54. The van der Waals surface area contributed by atoms with Gasteiger partial charge in [-0.2, -0.15) is 0 Å². The van der Waals surface area contributed by atoms with Crippen molar-refractivity contribution in [1.29, 1.82) is 0 Å². The summed E-state index contributed by atoms with van der Waals surface area (Å²) in [4.78, 5) is 11.8. The second-order valence-electron chi connectivity index (χ2n) is 3.44. The van der Waals surface area contributed by atoms with Crippen LogP contribution in [0.2, 0.25) is 0 Å². The van der Waals surface area contributed by atoms with Gasteiger partial charge in [0.1, 0.15) is 17.6 Å². The standard InChI is InChI=1S/C12H16O5/c1-15-7-11(13)12(14)8-4-9(16-2)6-10(5-8)17-3/h4-6,11,13H,7H2,1-3H3/t11-/m1/s1. The van der Waals surface area contributed by atoms with Crippen molar-refractivity contribution in [3.05, 3.63) is 23.8 Å². The molecule has 5 heteroatoms. The number of aliphatic hydroxyl groups is 1. The molecule has 1 aromatic carbocycles. The predicted octanol–water partition coefficient (Wildman–Crippen LogP) is 0.894. The minimum atomic E-state index is -1.18. The van der Waals surface area contributed by atoms with Crippen molar-refractivity contribution in [3.63, 3.8) is 0 Å². The highest BCUT2D eigenvalue weighted by molar-refractivity contribution is 6.00. The summed E-state index contributed by atoms with van der Waals surface area (Å²) in [5.41, 5.74) is 0.325. The number of aliphatic hydroxyl groups excluding tert-OH is 1. The average molecular weight is 240 g/mol. The van der Waals surface area contributed by atoms with Crippen molar-refractivity contribution < 1.29 is 24.1 Å². The normalized spacial score (nSPS) is 12.0. The van der Waals surface area contributed by atoms with Crippen LogP contribution in [0, 0.1) is 0 Å². The van der Waals surface area contributed by atoms with E-state index < -0.39 is 11.9 Å². The summed E-state index contributed by atoms with van der Waals surface area (Å²) in [5.74, 6) is 0.568. The van der Waals surface area contributed by atoms with Crippen LogP contribution in [0.4, 0.5) is 0 Å². The lowest BCUT2D eigenvalue weighted by molar-refractivity contribution is 0.0475. The molecule has 0 aromatic heterocycles. The molecule has 0 saturated heterocycles. The molecule has 1 rings (SSSR count). The fourth-order valence-electron chi connectivity index (χ4n) is 1.38. The number of rotatable bonds is 6. The third-order valence-corrected chi connectivity index (χ3v) is 2.26. The molecule has 5 nitrogen and oxygen atoms in total. The van der Waals surface area contributed by atoms with E-state index in [9.17, 15) is 9.90 Å². The molecule has 0 saturated carbocycles. The lowest BCUT2D eigenvalue weighted by Crippen LogP contribution is -2.25. The fraction of sp³-hybridized carbons (Fsp3) is 0.417. The smallest absolute Gasteiger partial charge is 0.193 e. The first kappa shape index (κ1) is 13.5. The molecule has 17 heavy (non-hydrogen) atoms. The number of ketones is 1. The second kappa shape index (κ2) is 6.22. The Bertz CT molecular complexity index is 366. The molecule has 94 valence electrons. The molecule has 1 N–H and O–H groups in total. The molecule has 0 bridgehead atoms. The van der Waals surface area contributed by atoms with E-state index in [2.05, 4.69) is 0 Å². The molecular formula is C12H16O5. The van der Waals surface area contributed by atoms with Crippen molar-refractivity contribution in [1.82, 2.24) is 0 Å². The first-order valence-corrected chi connectivity index (χ1v) is 5.06. The highest BCUT2D eigenvalue weighted by atomic mass is 16.5. The molecule has 0 aliphatic rings. The van der Waals surface area contributed by atoms with Crippen molar-refractivity contribution in [2.24, 2.45) is 0 Å². The van der Waals surface area contributed by atoms with Gasteiger partial charge in [-0.1, -0.05) is 0 Å². The van der Waals surface area contributed by atoms with Crippen molar-refractivity contribution in [3.8, 4) is 11.5 Å². The van der Waals surface area contributed by atoms with Gasteiger partial charge in [0.05, 0.1) is 20.8 Å². The van der Waals surface area contributed by atoms with Crippen molar-refractivity contribution in [2.75, 3.05) is 27.9 Å². The predicted molar refractivity (Wildman–Crippen MR) is 61.8 cm³/mol. The summed E-state index contributed by atoms with van der Waals surface area (Å²) in [6.07, 6.45) is -1.18. The number of benzene rings is 1. The molecular weight excluding hydrogens is 224 g/mol. The van der Waals surface area contributed by atoms with Crippen LogP contribution >= 0.6 is 0 Å². The quantitative estimate of drug-likeness (QED) is 0.748. The Morgan fingerprint density at radius 1 is 1.18 bits per heavy atom. The number of carbonyl (C=O) groups is 1. The Morgan fingerprint density at radius 2 is 1.71 bits per heavy atom. The molecule has 0 spiro atoms. The maximum atomic E-state index is 11.8. The van der Waals surface area contributed by atoms with E-state index in [1.165, 1.54) is 21.3 Å². The Hall–Kier alpha value is -1.59. The molecule has 0 fully saturated rings. The minimum absolute atomic E-state index is 0.0433. The molecule has 1 atom stereocenters. The number of hydrogen-bond donors (Lipinski definition) is 1. The van der Waals surface area contributed by atoms with E-state index >= 15 is 0 Å². The molecule has 0 aliphatic heterocycles. The Balaban J connectivity index is 2.99. The Kier molecular flexibility index (Phi) is 4.93. The Labute approximate surface area is 99.9 Å². The zero-order valence-electron chi connectivity index (χ0n) is 10.1. The molecule has 0 heterocycles. The van der Waals surface area contributed by atoms with Gasteiger partial charge in [-0.05, 0) is 12.1 Å². The van der Waals surface area contributed by atoms with E-state index in [0.29, 0.717) is 17.1 Å². The molecule has 0 aliphatic carbocycles. The number of hydrogen-bond acceptors (Lipinski definition) is 5. The van der Waals surface area contributed by atoms with E-state index in [4.69, 9.17) is 14.2 Å². The summed E-state index contributed by atoms with van der Waals surface area (Å²) in [7, 11) is 4.41. The van der Waals surface area contributed by atoms with Crippen LogP contribution in [0.25, 0.3) is 0 Å². The SMILES string of the molecule is COC[C@@H](O)C(=O)c1cc(OC)cc(OC)c1. The zero-order valence-corrected chi connectivity index (χ0v) is 10.1. The van der Waals surface area contributed by atoms with E-state index in [1.807, 2.05) is 0 Å². The second-order valence-corrected chi connectivity index (χ2v) is 3.44. The van der Waals surface area contributed by atoms with Gasteiger partial charge in [0, 0.05) is 18.7 Å². The van der Waals surface area contributed by atoms with Crippen LogP contribution in [0.3, 0.4) is 0 Å². The van der Waals surface area contributed by atoms with Crippen LogP contribution < -0.4 is 9.47 Å². The summed E-state index contributed by atoms with van der Waals surface area (Å²) in [6, 6.07) is 4.74. The van der Waals surface area contributed by atoms with Crippen LogP contribution in [-0.4, -0.2) is 44.9 Å². The summed E-state index contributed by atoms with van der Waals surface area (Å²) >= 11 is 0. The zero-order chi connectivity index (χ0) is 12.8. The number of Topliss-reactive ketones (excluding diaryl/α,β-unsaturated/α-hetero) is 1. The van der Waals surface area contributed by atoms with Crippen LogP contribution in [0.5, 0.6) is 11.5 Å². The first-order chi connectivity index (χ1) is 8.12. The van der Waals surface area contributed by atoms with Gasteiger partial charge in [0.2, 0.25) is 0 Å². The van der Waals surface area contributed by atoms with E-state index in [0.717, 1.165) is 0 Å². The third-order valence-electron chi connectivity index (χ3n) is 2.26. The maximum absolute atomic E-state index is 11.8. The minimum Gasteiger partial charge on any atom is -0.497 e. The van der Waals surface area contributed by atoms with Crippen LogP contribution in [0.1, 0.15) is 10.4 Å². The van der Waals surface area contributed by atoms with Gasteiger partial charge >= 0.3 is 0 Å². The molecule has 1 aromatic rings. The van der Waals surface area contributed by atoms with Gasteiger partial charge in [-0.3, -0.25) is 4.79 Å². The van der Waals surface area contributed by atoms with Gasteiger partial charge in [-0.15, -0.1) is 0 Å². The van der Waals surface area contributed by atoms with Crippen LogP contribution in [-0.2, 0) is 4.74 Å². The van der Waals surface area contributed by atoms with Crippen molar-refractivity contribution >= 4 is 5.78 Å². The fourth-order valence-corrected chi connectivity index (χ4v) is 1.38. The lowest BCUT2D eigenvalue weighted by atomic mass is 10.1. The highest BCUT2D eigenvalue weighted by Gasteiger charge is 2.18. The topological polar surface area (TPSA) is 65.0 Å². The number of carbonyl (C=O) groups excluding carboxylic acids is 1. The van der Waals surface area contributed by atoms with Crippen molar-refractivity contribution in [2.45, 2.75) is 6.10 Å². The van der Waals surface area contributed by atoms with Gasteiger partial charge in [-0.25, -0.2) is 0 Å². The summed E-state index contributed by atoms with van der Waals surface area (Å²) in [6.45, 7) is -0.0433. The number of ether oxygens (including phenoxy) is 3. The van der Waals surface area contributed by atoms with Gasteiger partial charge in [0.15, 0.2) is 5.78 Å². The van der Waals surface area contributed by atoms with Gasteiger partial charge < -0.3 is 19.3 Å². The molecule has 0 amide bonds. The molecule has 0 unspecified atom stereocenters. The third kappa shape index (κ3) is 3.44. The maximum Gasteiger partial charge on any atom is 0.193 e. The average Bonchev–Trinajstić information content (AvgIpc) is 2.37. The monoisotopic (exact) mass is 240 g/mol. The molecule has 0 radical (unpaired) electrons. The summed E-state index contributed by atoms with van der Waals surface area (Å²) < 4.78 is 14.8. The Morgan fingerprint density at radius 3 is 2.12 bits per heavy atom. The number of methoxy groups -OCH3 is 3. The first-order valence-electron chi connectivity index (χ1n) is 5.06. The van der Waals surface area contributed by atoms with E-state index in [-0.39, 0.29) is 6.61 Å². The van der Waals surface area contributed by atoms with E-state index in [1.54, 1.807) is 18.2 Å². The van der Waals surface area contributed by atoms with Crippen LogP contribution in [0.15, 0.2) is 18.2 Å².